The second kappa shape index (κ2) is 28.8. The Balaban J connectivity index is 0.000000100. The third-order valence-electron chi connectivity index (χ3n) is 29.3. The number of aromatic nitrogens is 3. The molecule has 1 unspecified atom stereocenters. The zero-order valence-corrected chi connectivity index (χ0v) is 72.0. The third-order valence-corrected chi connectivity index (χ3v) is 29.3. The molecule has 0 amide bonds. The summed E-state index contributed by atoms with van der Waals surface area (Å²) in [6.45, 7) is 0. The van der Waals surface area contributed by atoms with Crippen molar-refractivity contribution in [2.24, 2.45) is 0 Å². The Morgan fingerprint density at radius 1 is 0.211 bits per heavy atom. The monoisotopic (exact) mass is 1690 g/mol. The summed E-state index contributed by atoms with van der Waals surface area (Å²) in [6, 6.07) is 166. The van der Waals surface area contributed by atoms with E-state index in [2.05, 4.69) is 452 Å². The molecule has 0 aliphatic heterocycles. The van der Waals surface area contributed by atoms with Gasteiger partial charge in [0, 0.05) is 66.6 Å². The van der Waals surface area contributed by atoms with Crippen molar-refractivity contribution in [2.45, 2.75) is 16.2 Å². The lowest BCUT2D eigenvalue weighted by Crippen LogP contribution is -2.25. The normalized spacial score (nSPS) is 14.3. The molecule has 6 heterocycles. The summed E-state index contributed by atoms with van der Waals surface area (Å²) in [4.78, 5) is 9.64. The van der Waals surface area contributed by atoms with E-state index >= 15 is 0 Å². The van der Waals surface area contributed by atoms with Crippen molar-refractivity contribution >= 4 is 54.7 Å². The van der Waals surface area contributed by atoms with Crippen LogP contribution in [0.25, 0.3) is 194 Å². The highest BCUT2D eigenvalue weighted by Crippen LogP contribution is 2.69. The van der Waals surface area contributed by atoms with Crippen LogP contribution < -0.4 is 0 Å². The van der Waals surface area contributed by atoms with Crippen molar-refractivity contribution < 1.29 is 13.3 Å². The van der Waals surface area contributed by atoms with E-state index in [4.69, 9.17) is 18.2 Å². The minimum atomic E-state index is -0.544. The molecule has 6 nitrogen and oxygen atoms in total. The molecule has 6 aliphatic rings. The molecule has 24 aromatic rings. The van der Waals surface area contributed by atoms with Crippen molar-refractivity contribution in [1.29, 1.82) is 0 Å². The van der Waals surface area contributed by atoms with Gasteiger partial charge in [-0.1, -0.05) is 382 Å². The quantitative estimate of drug-likeness (QED) is 0.159. The van der Waals surface area contributed by atoms with Crippen molar-refractivity contribution in [3.63, 3.8) is 0 Å². The molecule has 6 aliphatic carbocycles. The van der Waals surface area contributed by atoms with Crippen LogP contribution >= 0.6 is 0 Å². The lowest BCUT2D eigenvalue weighted by atomic mass is 9.73. The summed E-state index contributed by atoms with van der Waals surface area (Å²) in [6.07, 6.45) is 1.84. The first-order valence-electron chi connectivity index (χ1n) is 45.8. The number of hydrogen-bond donors (Lipinski definition) is 0. The van der Waals surface area contributed by atoms with Gasteiger partial charge < -0.3 is 17.8 Å². The van der Waals surface area contributed by atoms with E-state index in [1.165, 1.54) is 183 Å². The molecular formula is C127H77N3O3. The summed E-state index contributed by atoms with van der Waals surface area (Å²) in [5, 5.41) is 5.85. The fourth-order valence-corrected chi connectivity index (χ4v) is 23.8. The van der Waals surface area contributed by atoms with Gasteiger partial charge in [0.1, 0.15) is 50.3 Å². The summed E-state index contributed by atoms with van der Waals surface area (Å²) in [5.74, 6) is 3.07. The van der Waals surface area contributed by atoms with E-state index in [0.717, 1.165) is 78.5 Å². The van der Waals surface area contributed by atoms with Crippen LogP contribution in [-0.2, 0) is 16.2 Å². The molecule has 0 radical (unpaired) electrons. The highest BCUT2D eigenvalue weighted by atomic mass is 16.3. The molecule has 618 valence electrons. The standard InChI is InChI=1S/C47H29NO.C42H25NO.C38H23NO/c1-2-12-30(13-3-1)31-22-25-34(26-23-31)48-42-20-10-4-14-32(42)29-43(48)33-24-27-41-38(28-33)35-15-5-8-18-39(35)47(41)40-19-9-6-16-36(40)45-37-17-7-11-21-44(37)49-46(45)47;1-2-13-26(14-3-1)37-25-32(29-17-6-10-23-36(29)43-37)30-19-12-22-35-39(30)40-31-18-7-11-24-38(31)44-41(40)42(35)33-20-8-4-15-27(33)28-16-5-9-21-34(28)42;1-4-12-31-27(9-1)28-10-2-5-13-32(28)38(31)33-21-20-26(24-16-18-25(19-17-24)34-14-7-8-22-39-34)23-30(33)36-29-11-3-6-15-35(29)40-37(36)38/h1-29H;1-25H;1-23H. The predicted molar refractivity (Wildman–Crippen MR) is 540 cm³/mol. The fraction of sp³-hybridized carbons (Fsp3) is 0.0236. The highest BCUT2D eigenvalue weighted by molar-refractivity contribution is 6.13. The van der Waals surface area contributed by atoms with Crippen LogP contribution in [0.1, 0.15) is 67.4 Å². The van der Waals surface area contributed by atoms with Crippen molar-refractivity contribution in [2.75, 3.05) is 0 Å². The first kappa shape index (κ1) is 74.7. The van der Waals surface area contributed by atoms with Crippen LogP contribution in [0, 0.1) is 0 Å². The molecule has 0 fully saturated rings. The second-order valence-electron chi connectivity index (χ2n) is 35.7. The Bertz CT molecular complexity index is 8870. The average molecular weight is 1690 g/mol. The Morgan fingerprint density at radius 3 is 1.18 bits per heavy atom. The van der Waals surface area contributed by atoms with Crippen molar-refractivity contribution in [1.82, 2.24) is 14.5 Å². The maximum absolute atomic E-state index is 7.00. The van der Waals surface area contributed by atoms with E-state index in [-0.39, 0.29) is 0 Å². The summed E-state index contributed by atoms with van der Waals surface area (Å²) in [7, 11) is 0. The molecule has 0 saturated carbocycles. The number of benzene rings is 18. The molecular weight excluding hydrogens is 1620 g/mol. The van der Waals surface area contributed by atoms with E-state index in [1.54, 1.807) is 0 Å². The third kappa shape index (κ3) is 10.5. The molecule has 30 rings (SSSR count). The Kier molecular flexibility index (Phi) is 16.2. The van der Waals surface area contributed by atoms with Crippen molar-refractivity contribution in [3.8, 4) is 140 Å². The van der Waals surface area contributed by atoms with E-state index in [1.807, 2.05) is 24.4 Å². The van der Waals surface area contributed by atoms with Crippen LogP contribution in [0.3, 0.4) is 0 Å². The van der Waals surface area contributed by atoms with Gasteiger partial charge in [0.15, 0.2) is 0 Å². The largest absolute Gasteiger partial charge is 0.459 e. The topological polar surface area (TPSA) is 70.1 Å². The number of fused-ring (bicyclic) bond motifs is 38. The summed E-state index contributed by atoms with van der Waals surface area (Å²) < 4.78 is 23.2. The number of nitrogens with zero attached hydrogens (tertiary/aromatic N) is 3. The Labute approximate surface area is 767 Å². The van der Waals surface area contributed by atoms with E-state index in [0.29, 0.717) is 0 Å². The number of rotatable bonds is 7. The molecule has 0 saturated heterocycles. The maximum Gasteiger partial charge on any atom is 0.135 e. The second-order valence-corrected chi connectivity index (χ2v) is 35.7. The number of furan rings is 3. The molecule has 6 heteroatoms. The predicted octanol–water partition coefficient (Wildman–Crippen LogP) is 32.2. The average Bonchev–Trinajstić information content (AvgIpc) is 1.49. The number of pyridine rings is 2. The lowest BCUT2D eigenvalue weighted by molar-refractivity contribution is 0.506. The van der Waals surface area contributed by atoms with Crippen LogP contribution in [0.2, 0.25) is 0 Å². The number of hydrogen-bond acceptors (Lipinski definition) is 5. The van der Waals surface area contributed by atoms with Gasteiger partial charge in [-0.05, 0) is 218 Å². The van der Waals surface area contributed by atoms with Gasteiger partial charge >= 0.3 is 0 Å². The van der Waals surface area contributed by atoms with Crippen LogP contribution in [0.4, 0.5) is 0 Å². The van der Waals surface area contributed by atoms with Gasteiger partial charge in [-0.3, -0.25) is 4.98 Å². The van der Waals surface area contributed by atoms with Crippen LogP contribution in [-0.4, -0.2) is 14.5 Å². The first-order chi connectivity index (χ1) is 66.0. The molecule has 0 bridgehead atoms. The van der Waals surface area contributed by atoms with E-state index in [9.17, 15) is 0 Å². The van der Waals surface area contributed by atoms with Crippen molar-refractivity contribution in [3.05, 3.63) is 535 Å². The van der Waals surface area contributed by atoms with Gasteiger partial charge in [0.25, 0.3) is 0 Å². The lowest BCUT2D eigenvalue weighted by Gasteiger charge is -2.28. The van der Waals surface area contributed by atoms with Gasteiger partial charge in [0.05, 0.1) is 28.1 Å². The Hall–Kier alpha value is -17.3. The minimum Gasteiger partial charge on any atom is -0.459 e. The van der Waals surface area contributed by atoms with Gasteiger partial charge in [-0.15, -0.1) is 0 Å². The highest BCUT2D eigenvalue weighted by Gasteiger charge is 2.59. The molecule has 1 atom stereocenters. The smallest absolute Gasteiger partial charge is 0.135 e. The van der Waals surface area contributed by atoms with E-state index < -0.39 is 16.2 Å². The molecule has 3 spiro atoms. The van der Waals surface area contributed by atoms with Gasteiger partial charge in [-0.25, -0.2) is 4.98 Å². The minimum absolute atomic E-state index is 0.474. The maximum atomic E-state index is 7.00. The summed E-state index contributed by atoms with van der Waals surface area (Å²) >= 11 is 0. The van der Waals surface area contributed by atoms with Gasteiger partial charge in [0.2, 0.25) is 0 Å². The van der Waals surface area contributed by atoms with Crippen LogP contribution in [0.5, 0.6) is 0 Å². The molecule has 133 heavy (non-hydrogen) atoms. The zero-order valence-electron chi connectivity index (χ0n) is 72.0. The molecule has 0 N–H and O–H groups in total. The Morgan fingerprint density at radius 2 is 0.594 bits per heavy atom. The fourth-order valence-electron chi connectivity index (χ4n) is 23.8. The summed E-state index contributed by atoms with van der Waals surface area (Å²) in [5.41, 5.74) is 44.9. The van der Waals surface area contributed by atoms with Crippen LogP contribution in [0.15, 0.2) is 480 Å². The number of para-hydroxylation sites is 5. The first-order valence-corrected chi connectivity index (χ1v) is 45.8. The van der Waals surface area contributed by atoms with Gasteiger partial charge in [-0.2, -0.15) is 0 Å². The zero-order chi connectivity index (χ0) is 87.2. The molecule has 6 aromatic heterocycles. The molecule has 18 aromatic carbocycles. The SMILES string of the molecule is c1ccc(-c2cc(-c3cccc4c3-c3c(oc5ccccc35)C43c4ccccc4-c4ccccc43)c3ccccc3n2)cc1.c1ccc(-c2ccc(-c3ccc4c(c3)-c3c(oc5ccccc35)C43c4ccccc4-c4ccccc43)cc2)nc1.c1ccc(-c2ccc(-n3c(-c4ccc5c(c4)-c4ccccc4C54c5ccccc5-c5c4oc4ccccc54)cc4ccccc43)cc2)cc1.